The van der Waals surface area contributed by atoms with E-state index < -0.39 is 16.9 Å². The van der Waals surface area contributed by atoms with E-state index in [4.69, 9.17) is 24.5 Å². The van der Waals surface area contributed by atoms with E-state index in [1.54, 1.807) is 18.2 Å². The molecule has 1 aliphatic rings. The van der Waals surface area contributed by atoms with Gasteiger partial charge in [0.25, 0.3) is 0 Å². The zero-order chi connectivity index (χ0) is 20.4. The minimum atomic E-state index is -1.82. The number of nitro groups is 1. The molecule has 150 valence electrons. The first-order valence-corrected chi connectivity index (χ1v) is 8.75. The lowest BCUT2D eigenvalue weighted by Crippen LogP contribution is -2.39. The minimum Gasteiger partial charge on any atom is -0.487 e. The monoisotopic (exact) mass is 382 g/mol. The lowest BCUT2D eigenvalue weighted by molar-refractivity contribution is -0.385. The number of likely N-dealkylation sites (tertiary alicyclic amines) is 1. The maximum atomic E-state index is 10.9. The van der Waals surface area contributed by atoms with Gasteiger partial charge in [0.2, 0.25) is 0 Å². The summed E-state index contributed by atoms with van der Waals surface area (Å²) in [4.78, 5) is 31.2. The highest BCUT2D eigenvalue weighted by Crippen LogP contribution is 2.26. The molecule has 0 amide bonds. The summed E-state index contributed by atoms with van der Waals surface area (Å²) in [6.07, 6.45) is 2.20. The van der Waals surface area contributed by atoms with Crippen LogP contribution < -0.4 is 4.74 Å². The Kier molecular flexibility index (Phi) is 9.21. The van der Waals surface area contributed by atoms with E-state index in [9.17, 15) is 10.1 Å². The number of benzene rings is 1. The average Bonchev–Trinajstić information content (AvgIpc) is 2.58. The zero-order valence-electron chi connectivity index (χ0n) is 15.5. The number of aliphatic carboxylic acids is 2. The van der Waals surface area contributed by atoms with Crippen molar-refractivity contribution in [1.29, 1.82) is 0 Å². The van der Waals surface area contributed by atoms with Gasteiger partial charge in [0, 0.05) is 25.7 Å². The van der Waals surface area contributed by atoms with E-state index >= 15 is 0 Å². The SMILES string of the molecule is CC1CC(C)CN(CCCOc2ccccc2[N+](=O)[O-])C1.O=C(O)C(=O)O. The molecule has 9 nitrogen and oxygen atoms in total. The second-order valence-corrected chi connectivity index (χ2v) is 6.74. The van der Waals surface area contributed by atoms with Gasteiger partial charge < -0.3 is 19.8 Å². The molecular weight excluding hydrogens is 356 g/mol. The van der Waals surface area contributed by atoms with Crippen molar-refractivity contribution in [2.24, 2.45) is 11.8 Å². The topological polar surface area (TPSA) is 130 Å². The van der Waals surface area contributed by atoms with Gasteiger partial charge in [0.05, 0.1) is 11.5 Å². The van der Waals surface area contributed by atoms with E-state index in [0.29, 0.717) is 12.4 Å². The predicted molar refractivity (Wildman–Crippen MR) is 97.9 cm³/mol. The van der Waals surface area contributed by atoms with Crippen molar-refractivity contribution in [3.05, 3.63) is 34.4 Å². The maximum Gasteiger partial charge on any atom is 0.414 e. The smallest absolute Gasteiger partial charge is 0.414 e. The molecule has 0 spiro atoms. The standard InChI is InChI=1S/C16H24N2O3.C2H2O4/c1-13-10-14(2)12-17(11-13)8-5-9-21-16-7-4-3-6-15(16)18(19)20;3-1(4)2(5)6/h3-4,6-7,13-14H,5,8-12H2,1-2H3;(H,3,4)(H,5,6). The van der Waals surface area contributed by atoms with Gasteiger partial charge in [-0.2, -0.15) is 0 Å². The van der Waals surface area contributed by atoms with Gasteiger partial charge in [0.1, 0.15) is 0 Å². The van der Waals surface area contributed by atoms with Gasteiger partial charge in [-0.15, -0.1) is 0 Å². The quantitative estimate of drug-likeness (QED) is 0.332. The first kappa shape index (κ1) is 22.4. The van der Waals surface area contributed by atoms with E-state index in [1.807, 2.05) is 0 Å². The fourth-order valence-electron chi connectivity index (χ4n) is 3.17. The van der Waals surface area contributed by atoms with Crippen LogP contribution in [0, 0.1) is 22.0 Å². The molecular formula is C18H26N2O7. The van der Waals surface area contributed by atoms with Crippen LogP contribution in [0.15, 0.2) is 24.3 Å². The van der Waals surface area contributed by atoms with Gasteiger partial charge >= 0.3 is 17.6 Å². The number of hydrogen-bond acceptors (Lipinski definition) is 6. The Labute approximate surface area is 157 Å². The number of piperidine rings is 1. The van der Waals surface area contributed by atoms with Crippen LogP contribution in [-0.2, 0) is 9.59 Å². The number of hydrogen-bond donors (Lipinski definition) is 2. The molecule has 0 bridgehead atoms. The summed E-state index contributed by atoms with van der Waals surface area (Å²) < 4.78 is 5.57. The molecule has 1 fully saturated rings. The van der Waals surface area contributed by atoms with Crippen LogP contribution in [0.4, 0.5) is 5.69 Å². The molecule has 1 aromatic rings. The second kappa shape index (κ2) is 11.1. The Hall–Kier alpha value is -2.68. The number of ether oxygens (including phenoxy) is 1. The van der Waals surface area contributed by atoms with Gasteiger partial charge in [-0.3, -0.25) is 10.1 Å². The minimum absolute atomic E-state index is 0.0396. The van der Waals surface area contributed by atoms with Crippen LogP contribution in [0.25, 0.3) is 0 Å². The normalized spacial score (nSPS) is 19.5. The second-order valence-electron chi connectivity index (χ2n) is 6.74. The van der Waals surface area contributed by atoms with Crippen molar-refractivity contribution in [2.75, 3.05) is 26.2 Å². The number of carboxylic acids is 2. The third-order valence-corrected chi connectivity index (χ3v) is 4.07. The zero-order valence-corrected chi connectivity index (χ0v) is 15.5. The molecule has 1 saturated heterocycles. The molecule has 1 heterocycles. The fraction of sp³-hybridized carbons (Fsp3) is 0.556. The highest BCUT2D eigenvalue weighted by atomic mass is 16.6. The lowest BCUT2D eigenvalue weighted by Gasteiger charge is -2.34. The summed E-state index contributed by atoms with van der Waals surface area (Å²) in [5.74, 6) is -1.78. The van der Waals surface area contributed by atoms with Crippen LogP contribution in [0.5, 0.6) is 5.75 Å². The number of carbonyl (C=O) groups is 2. The highest BCUT2D eigenvalue weighted by molar-refractivity contribution is 6.27. The Morgan fingerprint density at radius 2 is 1.74 bits per heavy atom. The van der Waals surface area contributed by atoms with E-state index in [1.165, 1.54) is 12.5 Å². The summed E-state index contributed by atoms with van der Waals surface area (Å²) in [6, 6.07) is 6.55. The molecule has 0 radical (unpaired) electrons. The van der Waals surface area contributed by atoms with Crippen molar-refractivity contribution >= 4 is 17.6 Å². The van der Waals surface area contributed by atoms with Crippen molar-refractivity contribution in [1.82, 2.24) is 4.90 Å². The average molecular weight is 382 g/mol. The lowest BCUT2D eigenvalue weighted by atomic mass is 9.92. The number of rotatable bonds is 6. The number of para-hydroxylation sites is 2. The largest absolute Gasteiger partial charge is 0.487 e. The van der Waals surface area contributed by atoms with Crippen LogP contribution in [0.2, 0.25) is 0 Å². The molecule has 27 heavy (non-hydrogen) atoms. The molecule has 0 saturated carbocycles. The summed E-state index contributed by atoms with van der Waals surface area (Å²) in [5.41, 5.74) is 0.0396. The first-order valence-electron chi connectivity index (χ1n) is 8.75. The Morgan fingerprint density at radius 1 is 1.19 bits per heavy atom. The number of nitro benzene ring substituents is 1. The third-order valence-electron chi connectivity index (χ3n) is 4.07. The van der Waals surface area contributed by atoms with Crippen molar-refractivity contribution in [2.45, 2.75) is 26.7 Å². The van der Waals surface area contributed by atoms with Crippen molar-refractivity contribution in [3.8, 4) is 5.75 Å². The van der Waals surface area contributed by atoms with Crippen LogP contribution in [0.1, 0.15) is 26.7 Å². The molecule has 0 aromatic heterocycles. The predicted octanol–water partition coefficient (Wildman–Crippen LogP) is 2.50. The first-order chi connectivity index (χ1) is 12.7. The summed E-state index contributed by atoms with van der Waals surface area (Å²) in [6.45, 7) is 8.41. The highest BCUT2D eigenvalue weighted by Gasteiger charge is 2.21. The summed E-state index contributed by atoms with van der Waals surface area (Å²) >= 11 is 0. The van der Waals surface area contributed by atoms with Gasteiger partial charge in [-0.25, -0.2) is 9.59 Å². The van der Waals surface area contributed by atoms with Crippen molar-refractivity contribution in [3.63, 3.8) is 0 Å². The van der Waals surface area contributed by atoms with Gasteiger partial charge in [-0.1, -0.05) is 26.0 Å². The molecule has 2 N–H and O–H groups in total. The molecule has 0 aliphatic carbocycles. The van der Waals surface area contributed by atoms with Crippen LogP contribution in [0.3, 0.4) is 0 Å². The molecule has 1 aliphatic heterocycles. The Bertz CT molecular complexity index is 628. The van der Waals surface area contributed by atoms with Crippen LogP contribution >= 0.6 is 0 Å². The number of carboxylic acid groups (broad SMARTS) is 2. The van der Waals surface area contributed by atoms with Crippen molar-refractivity contribution < 1.29 is 29.5 Å². The van der Waals surface area contributed by atoms with E-state index in [2.05, 4.69) is 18.7 Å². The molecule has 1 aromatic carbocycles. The van der Waals surface area contributed by atoms with E-state index in [-0.39, 0.29) is 5.69 Å². The van der Waals surface area contributed by atoms with Gasteiger partial charge in [0.15, 0.2) is 5.75 Å². The third kappa shape index (κ3) is 8.50. The van der Waals surface area contributed by atoms with E-state index in [0.717, 1.165) is 37.9 Å². The summed E-state index contributed by atoms with van der Waals surface area (Å²) in [5, 5.41) is 25.7. The molecule has 2 atom stereocenters. The summed E-state index contributed by atoms with van der Waals surface area (Å²) in [7, 11) is 0. The number of nitrogens with zero attached hydrogens (tertiary/aromatic N) is 2. The fourth-order valence-corrected chi connectivity index (χ4v) is 3.17. The Balaban J connectivity index is 0.000000527. The molecule has 2 unspecified atom stereocenters. The molecule has 9 heteroatoms. The van der Waals surface area contributed by atoms with Gasteiger partial charge in [-0.05, 0) is 30.7 Å². The van der Waals surface area contributed by atoms with Crippen LogP contribution in [-0.4, -0.2) is 58.2 Å². The molecule has 2 rings (SSSR count). The maximum absolute atomic E-state index is 10.9. The Morgan fingerprint density at radius 3 is 2.26 bits per heavy atom.